The molecule has 0 aromatic carbocycles. The van der Waals surface area contributed by atoms with E-state index < -0.39 is 0 Å². The fourth-order valence-electron chi connectivity index (χ4n) is 3.34. The Kier molecular flexibility index (Phi) is 6.54. The van der Waals surface area contributed by atoms with Crippen LogP contribution in [0.25, 0.3) is 0 Å². The zero-order valence-corrected chi connectivity index (χ0v) is 12.4. The van der Waals surface area contributed by atoms with Crippen LogP contribution >= 0.6 is 0 Å². The highest BCUT2D eigenvalue weighted by molar-refractivity contribution is 5.81. The van der Waals surface area contributed by atoms with Gasteiger partial charge < -0.3 is 15.4 Å². The lowest BCUT2D eigenvalue weighted by Crippen LogP contribution is -2.55. The molecule has 1 aliphatic heterocycles. The third kappa shape index (κ3) is 4.60. The van der Waals surface area contributed by atoms with E-state index in [1.807, 2.05) is 6.08 Å². The Labute approximate surface area is 122 Å². The molecule has 0 radical (unpaired) electrons. The second-order valence-electron chi connectivity index (χ2n) is 5.93. The highest BCUT2D eigenvalue weighted by atomic mass is 16.5. The summed E-state index contributed by atoms with van der Waals surface area (Å²) in [6.07, 6.45) is 10.1. The quantitative estimate of drug-likeness (QED) is 0.554. The van der Waals surface area contributed by atoms with E-state index in [0.29, 0.717) is 25.8 Å². The molecular formula is C16H28N2O2. The molecule has 2 N–H and O–H groups in total. The smallest absolute Gasteiger partial charge is 0.237 e. The molecule has 3 unspecified atom stereocenters. The van der Waals surface area contributed by atoms with Gasteiger partial charge in [0.25, 0.3) is 0 Å². The maximum Gasteiger partial charge on any atom is 0.237 e. The maximum absolute atomic E-state index is 12.1. The summed E-state index contributed by atoms with van der Waals surface area (Å²) in [7, 11) is 0. The molecule has 0 aromatic heterocycles. The summed E-state index contributed by atoms with van der Waals surface area (Å²) in [5, 5.41) is 6.52. The number of rotatable bonds is 7. The number of hydrogen-bond donors (Lipinski definition) is 2. The Morgan fingerprint density at radius 2 is 2.10 bits per heavy atom. The van der Waals surface area contributed by atoms with Gasteiger partial charge in [-0.15, -0.1) is 6.58 Å². The summed E-state index contributed by atoms with van der Waals surface area (Å²) in [5.41, 5.74) is 0. The van der Waals surface area contributed by atoms with Crippen LogP contribution in [0.4, 0.5) is 0 Å². The Balaban J connectivity index is 1.61. The summed E-state index contributed by atoms with van der Waals surface area (Å²) in [5.74, 6) is 0.941. The van der Waals surface area contributed by atoms with Gasteiger partial charge in [0.15, 0.2) is 0 Å². The van der Waals surface area contributed by atoms with E-state index in [2.05, 4.69) is 17.2 Å². The van der Waals surface area contributed by atoms with Crippen LogP contribution in [0.3, 0.4) is 0 Å². The molecule has 3 atom stereocenters. The zero-order valence-electron chi connectivity index (χ0n) is 12.4. The fourth-order valence-corrected chi connectivity index (χ4v) is 3.34. The summed E-state index contributed by atoms with van der Waals surface area (Å²) >= 11 is 0. The van der Waals surface area contributed by atoms with Gasteiger partial charge in [-0.1, -0.05) is 18.9 Å². The van der Waals surface area contributed by atoms with Gasteiger partial charge in [0.1, 0.15) is 0 Å². The van der Waals surface area contributed by atoms with Crippen LogP contribution < -0.4 is 10.6 Å². The largest absolute Gasteiger partial charge is 0.379 e. The first-order chi connectivity index (χ1) is 9.81. The molecule has 0 spiro atoms. The van der Waals surface area contributed by atoms with Gasteiger partial charge >= 0.3 is 0 Å². The summed E-state index contributed by atoms with van der Waals surface area (Å²) in [6, 6.07) is 0.569. The molecule has 2 rings (SSSR count). The lowest BCUT2D eigenvalue weighted by Gasteiger charge is -2.39. The Bertz CT molecular complexity index is 320. The molecule has 1 heterocycles. The highest BCUT2D eigenvalue weighted by Gasteiger charge is 2.34. The Hall–Kier alpha value is -0.870. The molecular weight excluding hydrogens is 252 g/mol. The number of amides is 1. The Morgan fingerprint density at radius 3 is 2.95 bits per heavy atom. The first-order valence-corrected chi connectivity index (χ1v) is 8.03. The van der Waals surface area contributed by atoms with Crippen LogP contribution in [0.5, 0.6) is 0 Å². The van der Waals surface area contributed by atoms with Crippen molar-refractivity contribution in [3.8, 4) is 0 Å². The van der Waals surface area contributed by atoms with Crippen LogP contribution in [-0.4, -0.2) is 37.7 Å². The van der Waals surface area contributed by atoms with E-state index in [9.17, 15) is 4.79 Å². The molecule has 1 saturated carbocycles. The number of carbonyl (C=O) groups is 1. The van der Waals surface area contributed by atoms with Crippen LogP contribution in [0.2, 0.25) is 0 Å². The lowest BCUT2D eigenvalue weighted by atomic mass is 9.77. The summed E-state index contributed by atoms with van der Waals surface area (Å²) < 4.78 is 5.39. The van der Waals surface area contributed by atoms with Gasteiger partial charge in [0, 0.05) is 12.6 Å². The number of ether oxygens (including phenoxy) is 1. The van der Waals surface area contributed by atoms with Crippen LogP contribution in [0, 0.1) is 5.92 Å². The molecule has 1 aliphatic carbocycles. The number of nitrogens with one attached hydrogen (secondary N) is 2. The van der Waals surface area contributed by atoms with Gasteiger partial charge in [-0.2, -0.15) is 0 Å². The molecule has 114 valence electrons. The second kappa shape index (κ2) is 8.42. The summed E-state index contributed by atoms with van der Waals surface area (Å²) in [6.45, 7) is 5.51. The molecule has 1 amide bonds. The lowest BCUT2D eigenvalue weighted by molar-refractivity contribution is -0.124. The fraction of sp³-hybridized carbons (Fsp3) is 0.812. The van der Waals surface area contributed by atoms with Gasteiger partial charge in [-0.3, -0.25) is 4.79 Å². The van der Waals surface area contributed by atoms with E-state index >= 15 is 0 Å². The van der Waals surface area contributed by atoms with Gasteiger partial charge in [0.05, 0.1) is 19.3 Å². The molecule has 20 heavy (non-hydrogen) atoms. The minimum Gasteiger partial charge on any atom is -0.379 e. The number of carbonyl (C=O) groups excluding carboxylic acids is 1. The van der Waals surface area contributed by atoms with E-state index in [4.69, 9.17) is 4.74 Å². The first-order valence-electron chi connectivity index (χ1n) is 8.03. The molecule has 1 saturated heterocycles. The van der Waals surface area contributed by atoms with Crippen molar-refractivity contribution in [1.29, 1.82) is 0 Å². The average Bonchev–Trinajstić information content (AvgIpc) is 2.50. The van der Waals surface area contributed by atoms with Crippen LogP contribution in [0.1, 0.15) is 44.9 Å². The van der Waals surface area contributed by atoms with Crippen molar-refractivity contribution in [3.63, 3.8) is 0 Å². The molecule has 4 heteroatoms. The summed E-state index contributed by atoms with van der Waals surface area (Å²) in [4.78, 5) is 12.1. The predicted octanol–water partition coefficient (Wildman–Crippen LogP) is 2.01. The number of piperidine rings is 1. The van der Waals surface area contributed by atoms with Crippen molar-refractivity contribution in [2.75, 3.05) is 19.8 Å². The molecule has 4 nitrogen and oxygen atoms in total. The standard InChI is InChI=1S/C16H28N2O2/c1-2-3-11-20-12-10-17-16(19)15-9-8-13-6-4-5-7-14(13)18-15/h2,13-15,18H,1,3-12H2,(H,17,19). The average molecular weight is 280 g/mol. The monoisotopic (exact) mass is 280 g/mol. The van der Waals surface area contributed by atoms with Crippen LogP contribution in [0.15, 0.2) is 12.7 Å². The SMILES string of the molecule is C=CCCOCCNC(=O)C1CCC2CCCCC2N1. The van der Waals surface area contributed by atoms with Gasteiger partial charge in [-0.05, 0) is 38.0 Å². The number of fused-ring (bicyclic) bond motifs is 1. The van der Waals surface area contributed by atoms with Crippen LogP contribution in [-0.2, 0) is 9.53 Å². The maximum atomic E-state index is 12.1. The molecule has 2 aliphatic rings. The minimum absolute atomic E-state index is 0.00234. The van der Waals surface area contributed by atoms with Crippen molar-refractivity contribution in [2.45, 2.75) is 57.0 Å². The van der Waals surface area contributed by atoms with E-state index in [1.54, 1.807) is 0 Å². The van der Waals surface area contributed by atoms with Crippen molar-refractivity contribution in [1.82, 2.24) is 10.6 Å². The molecule has 2 fully saturated rings. The third-order valence-corrected chi connectivity index (χ3v) is 4.48. The number of hydrogen-bond acceptors (Lipinski definition) is 3. The van der Waals surface area contributed by atoms with Crippen molar-refractivity contribution in [3.05, 3.63) is 12.7 Å². The van der Waals surface area contributed by atoms with E-state index in [-0.39, 0.29) is 11.9 Å². The minimum atomic E-state index is 0.00234. The van der Waals surface area contributed by atoms with Gasteiger partial charge in [0.2, 0.25) is 5.91 Å². The van der Waals surface area contributed by atoms with Gasteiger partial charge in [-0.25, -0.2) is 0 Å². The Morgan fingerprint density at radius 1 is 1.25 bits per heavy atom. The van der Waals surface area contributed by atoms with Crippen molar-refractivity contribution in [2.24, 2.45) is 5.92 Å². The third-order valence-electron chi connectivity index (χ3n) is 4.48. The highest BCUT2D eigenvalue weighted by Crippen LogP contribution is 2.32. The van der Waals surface area contributed by atoms with E-state index in [1.165, 1.54) is 32.1 Å². The van der Waals surface area contributed by atoms with E-state index in [0.717, 1.165) is 18.8 Å². The topological polar surface area (TPSA) is 50.4 Å². The first kappa shape index (κ1) is 15.5. The molecule has 0 aromatic rings. The molecule has 0 bridgehead atoms. The zero-order chi connectivity index (χ0) is 14.2. The second-order valence-corrected chi connectivity index (χ2v) is 5.93. The predicted molar refractivity (Wildman–Crippen MR) is 80.5 cm³/mol. The van der Waals surface area contributed by atoms with Crippen molar-refractivity contribution >= 4 is 5.91 Å². The normalized spacial score (nSPS) is 29.5. The van der Waals surface area contributed by atoms with Crippen molar-refractivity contribution < 1.29 is 9.53 Å².